The number of aliphatic hydroxyl groups excluding tert-OH is 3. The van der Waals surface area contributed by atoms with E-state index in [9.17, 15) is 34.8 Å². The number of aliphatic carboxylic acids is 1. The maximum absolute atomic E-state index is 12.3. The first-order valence-corrected chi connectivity index (χ1v) is 11.9. The van der Waals surface area contributed by atoms with Gasteiger partial charge in [0.2, 0.25) is 11.7 Å². The van der Waals surface area contributed by atoms with Gasteiger partial charge in [-0.3, -0.25) is 9.59 Å². The third kappa shape index (κ3) is 6.65. The van der Waals surface area contributed by atoms with Gasteiger partial charge in [-0.1, -0.05) is 35.5 Å². The molecule has 4 unspecified atom stereocenters. The van der Waals surface area contributed by atoms with Crippen LogP contribution in [0.1, 0.15) is 17.3 Å². The van der Waals surface area contributed by atoms with E-state index in [1.165, 1.54) is 17.8 Å². The van der Waals surface area contributed by atoms with E-state index in [1.807, 2.05) is 6.07 Å². The number of rotatable bonds is 9. The molecule has 0 bridgehead atoms. The summed E-state index contributed by atoms with van der Waals surface area (Å²) in [6.07, 6.45) is -3.74. The average molecular weight is 538 g/mol. The Morgan fingerprint density at radius 1 is 1.08 bits per heavy atom. The van der Waals surface area contributed by atoms with Crippen molar-refractivity contribution in [3.8, 4) is 11.3 Å². The number of carbonyl (C=O) groups excluding carboxylic acids is 2. The fraction of sp³-hybridized carbons (Fsp3) is 0.269. The summed E-state index contributed by atoms with van der Waals surface area (Å²) in [5.74, 6) is -2.89. The van der Waals surface area contributed by atoms with Gasteiger partial charge in [-0.15, -0.1) is 5.10 Å². The van der Waals surface area contributed by atoms with E-state index in [1.54, 1.807) is 48.5 Å². The second-order valence-electron chi connectivity index (χ2n) is 8.92. The van der Waals surface area contributed by atoms with E-state index in [2.05, 4.69) is 20.9 Å². The molecule has 13 nitrogen and oxygen atoms in total. The number of hydrogen-bond donors (Lipinski definition) is 6. The highest BCUT2D eigenvalue weighted by molar-refractivity contribution is 6.04. The van der Waals surface area contributed by atoms with Crippen molar-refractivity contribution in [2.24, 2.45) is 0 Å². The summed E-state index contributed by atoms with van der Waals surface area (Å²) in [5.41, 5.74) is 2.23. The molecule has 2 amide bonds. The lowest BCUT2D eigenvalue weighted by atomic mass is 9.93. The van der Waals surface area contributed by atoms with Crippen molar-refractivity contribution in [3.63, 3.8) is 0 Å². The van der Waals surface area contributed by atoms with Gasteiger partial charge in [0, 0.05) is 23.7 Å². The molecule has 1 aliphatic rings. The molecule has 39 heavy (non-hydrogen) atoms. The zero-order valence-electron chi connectivity index (χ0n) is 20.7. The lowest BCUT2D eigenvalue weighted by Crippen LogP contribution is -2.59. The molecule has 1 aromatic heterocycles. The molecule has 2 heterocycles. The second kappa shape index (κ2) is 11.9. The van der Waals surface area contributed by atoms with Gasteiger partial charge in [0.1, 0.15) is 24.0 Å². The Kier molecular flexibility index (Phi) is 8.34. The summed E-state index contributed by atoms with van der Waals surface area (Å²) < 4.78 is 6.57. The molecule has 0 aliphatic carbocycles. The molecule has 204 valence electrons. The number of nitrogens with one attached hydrogen (secondary N) is 2. The highest BCUT2D eigenvalue weighted by Gasteiger charge is 2.43. The van der Waals surface area contributed by atoms with Crippen LogP contribution in [-0.4, -0.2) is 83.7 Å². The van der Waals surface area contributed by atoms with E-state index >= 15 is 0 Å². The Hall–Kier alpha value is -4.59. The number of ether oxygens (including phenoxy) is 1. The molecule has 1 aliphatic heterocycles. The number of anilines is 1. The smallest absolute Gasteiger partial charge is 0.370 e. The number of aliphatic hydroxyl groups is 3. The number of carboxylic acids is 1. The molecule has 13 heteroatoms. The summed E-state index contributed by atoms with van der Waals surface area (Å²) in [6.45, 7) is 0.929. The van der Waals surface area contributed by atoms with Crippen molar-refractivity contribution in [3.05, 3.63) is 78.2 Å². The van der Waals surface area contributed by atoms with Crippen LogP contribution in [0.25, 0.3) is 11.3 Å². The van der Waals surface area contributed by atoms with Gasteiger partial charge >= 0.3 is 5.97 Å². The monoisotopic (exact) mass is 537 g/mol. The zero-order chi connectivity index (χ0) is 28.1. The van der Waals surface area contributed by atoms with Crippen molar-refractivity contribution in [1.29, 1.82) is 0 Å². The summed E-state index contributed by atoms with van der Waals surface area (Å²) in [4.78, 5) is 35.3. The fourth-order valence-electron chi connectivity index (χ4n) is 4.07. The van der Waals surface area contributed by atoms with Gasteiger partial charge in [0.25, 0.3) is 5.91 Å². The van der Waals surface area contributed by atoms with Crippen molar-refractivity contribution in [1.82, 2.24) is 20.3 Å². The van der Waals surface area contributed by atoms with Crippen LogP contribution in [0, 0.1) is 0 Å². The van der Waals surface area contributed by atoms with E-state index in [-0.39, 0.29) is 12.5 Å². The lowest BCUT2D eigenvalue weighted by molar-refractivity contribution is -0.148. The van der Waals surface area contributed by atoms with E-state index in [0.29, 0.717) is 22.5 Å². The summed E-state index contributed by atoms with van der Waals surface area (Å²) in [6, 6.07) is 14.4. The van der Waals surface area contributed by atoms with Gasteiger partial charge in [-0.05, 0) is 30.3 Å². The average Bonchev–Trinajstić information content (AvgIpc) is 3.38. The molecule has 0 radical (unpaired) electrons. The van der Waals surface area contributed by atoms with Crippen LogP contribution in [0.4, 0.5) is 5.69 Å². The minimum atomic E-state index is -1.71. The third-order valence-corrected chi connectivity index (χ3v) is 6.01. The van der Waals surface area contributed by atoms with Crippen LogP contribution in [0.15, 0.2) is 72.6 Å². The van der Waals surface area contributed by atoms with Crippen LogP contribution in [0.3, 0.4) is 0 Å². The second-order valence-corrected chi connectivity index (χ2v) is 8.92. The molecule has 0 saturated carbocycles. The predicted molar refractivity (Wildman–Crippen MR) is 136 cm³/mol. The SMILES string of the molecule is CC(=O)NC1C(C(O)C(O)Cn2cc(-c3ccc(NC(=O)c4ccccc4)cc3)nn2)OC(C(=O)O)=C[C@H]1O. The Morgan fingerprint density at radius 2 is 1.77 bits per heavy atom. The molecule has 0 saturated heterocycles. The summed E-state index contributed by atoms with van der Waals surface area (Å²) in [7, 11) is 0. The Balaban J connectivity index is 1.41. The Morgan fingerprint density at radius 3 is 2.41 bits per heavy atom. The van der Waals surface area contributed by atoms with Crippen molar-refractivity contribution >= 4 is 23.5 Å². The number of benzene rings is 2. The van der Waals surface area contributed by atoms with Gasteiger partial charge in [0.15, 0.2) is 6.10 Å². The first-order chi connectivity index (χ1) is 18.6. The number of aromatic nitrogens is 3. The molecule has 2 aromatic carbocycles. The van der Waals surface area contributed by atoms with Gasteiger partial charge < -0.3 is 35.8 Å². The Bertz CT molecular complexity index is 1360. The number of carbonyl (C=O) groups is 3. The quantitative estimate of drug-likeness (QED) is 0.219. The number of carboxylic acid groups (broad SMARTS) is 1. The topological polar surface area (TPSA) is 196 Å². The molecular weight excluding hydrogens is 510 g/mol. The maximum Gasteiger partial charge on any atom is 0.370 e. The first-order valence-electron chi connectivity index (χ1n) is 11.9. The van der Waals surface area contributed by atoms with Crippen LogP contribution in [-0.2, 0) is 20.9 Å². The molecule has 5 atom stereocenters. The Labute approximate surface area is 222 Å². The molecule has 0 spiro atoms. The first kappa shape index (κ1) is 27.4. The van der Waals surface area contributed by atoms with Crippen molar-refractivity contribution in [2.45, 2.75) is 43.9 Å². The highest BCUT2D eigenvalue weighted by atomic mass is 16.5. The minimum Gasteiger partial charge on any atom is -0.478 e. The van der Waals surface area contributed by atoms with E-state index in [0.717, 1.165) is 6.08 Å². The van der Waals surface area contributed by atoms with Crippen LogP contribution in [0.2, 0.25) is 0 Å². The summed E-state index contributed by atoms with van der Waals surface area (Å²) >= 11 is 0. The van der Waals surface area contributed by atoms with Crippen molar-refractivity contribution in [2.75, 3.05) is 5.32 Å². The zero-order valence-corrected chi connectivity index (χ0v) is 20.7. The minimum absolute atomic E-state index is 0.247. The molecule has 3 aromatic rings. The normalized spacial score (nSPS) is 20.2. The predicted octanol–water partition coefficient (Wildman–Crippen LogP) is 0.152. The molecule has 0 fully saturated rings. The largest absolute Gasteiger partial charge is 0.478 e. The van der Waals surface area contributed by atoms with Crippen LogP contribution < -0.4 is 10.6 Å². The van der Waals surface area contributed by atoms with Gasteiger partial charge in [0.05, 0.1) is 18.8 Å². The highest BCUT2D eigenvalue weighted by Crippen LogP contribution is 2.24. The van der Waals surface area contributed by atoms with Crippen molar-refractivity contribution < 1.29 is 39.5 Å². The van der Waals surface area contributed by atoms with E-state index in [4.69, 9.17) is 4.74 Å². The van der Waals surface area contributed by atoms with Gasteiger partial charge in [-0.2, -0.15) is 0 Å². The number of nitrogens with zero attached hydrogens (tertiary/aromatic N) is 3. The third-order valence-electron chi connectivity index (χ3n) is 6.01. The van der Waals surface area contributed by atoms with Gasteiger partial charge in [-0.25, -0.2) is 9.48 Å². The lowest BCUT2D eigenvalue weighted by Gasteiger charge is -2.38. The number of hydrogen-bond acceptors (Lipinski definition) is 9. The van der Waals surface area contributed by atoms with Crippen LogP contribution >= 0.6 is 0 Å². The standard InChI is InChI=1S/C26H27N5O8/c1-14(32)27-22-19(33)11-21(26(37)38)39-24(22)23(35)20(34)13-31-12-18(29-30-31)15-7-9-17(10-8-15)28-25(36)16-5-3-2-4-6-16/h2-12,19-20,22-24,33-35H,13H2,1H3,(H,27,32)(H,28,36)(H,37,38)/t19-,20?,22?,23?,24?/m1/s1. The summed E-state index contributed by atoms with van der Waals surface area (Å²) in [5, 5.41) is 54.2. The van der Waals surface area contributed by atoms with E-state index < -0.39 is 48.1 Å². The van der Waals surface area contributed by atoms with Crippen LogP contribution in [0.5, 0.6) is 0 Å². The molecule has 4 rings (SSSR count). The molecular formula is C26H27N5O8. The maximum atomic E-state index is 12.3. The molecule has 6 N–H and O–H groups in total. The number of amides is 2. The fourth-order valence-corrected chi connectivity index (χ4v) is 4.07.